The van der Waals surface area contributed by atoms with Crippen molar-refractivity contribution in [3.05, 3.63) is 65.7 Å². The van der Waals surface area contributed by atoms with Gasteiger partial charge in [-0.05, 0) is 115 Å². The van der Waals surface area contributed by atoms with Crippen molar-refractivity contribution in [2.45, 2.75) is 66.3 Å². The molecule has 1 aliphatic rings. The Labute approximate surface area is 226 Å². The number of aromatic hydroxyl groups is 1. The molecule has 39 heavy (non-hydrogen) atoms. The molecule has 3 aromatic carbocycles. The van der Waals surface area contributed by atoms with Crippen molar-refractivity contribution in [2.24, 2.45) is 11.3 Å². The zero-order valence-corrected chi connectivity index (χ0v) is 22.9. The first-order valence-electron chi connectivity index (χ1n) is 13.2. The van der Waals surface area contributed by atoms with Crippen molar-refractivity contribution in [3.8, 4) is 22.6 Å². The summed E-state index contributed by atoms with van der Waals surface area (Å²) in [7, 11) is 0. The number of phenols is 1. The maximum Gasteiger partial charge on any atom is 0.573 e. The summed E-state index contributed by atoms with van der Waals surface area (Å²) >= 11 is 0. The van der Waals surface area contributed by atoms with Crippen molar-refractivity contribution in [3.63, 3.8) is 0 Å². The normalized spacial score (nSPS) is 19.3. The third-order valence-corrected chi connectivity index (χ3v) is 7.59. The van der Waals surface area contributed by atoms with Gasteiger partial charge in [0, 0.05) is 11.7 Å². The number of nitrogens with one attached hydrogen (secondary N) is 1. The molecule has 4 aromatic rings. The van der Waals surface area contributed by atoms with Crippen LogP contribution in [0.4, 0.5) is 24.8 Å². The number of imidazole rings is 1. The Kier molecular flexibility index (Phi) is 6.77. The highest BCUT2D eigenvalue weighted by Gasteiger charge is 2.35. The van der Waals surface area contributed by atoms with Gasteiger partial charge < -0.3 is 19.7 Å². The number of halogens is 3. The third kappa shape index (κ3) is 5.84. The van der Waals surface area contributed by atoms with Gasteiger partial charge in [0.1, 0.15) is 11.5 Å². The van der Waals surface area contributed by atoms with Crippen molar-refractivity contribution < 1.29 is 23.0 Å². The van der Waals surface area contributed by atoms with Gasteiger partial charge in [0.25, 0.3) is 0 Å². The molecular weight excluding hydrogens is 503 g/mol. The van der Waals surface area contributed by atoms with E-state index in [1.165, 1.54) is 12.1 Å². The minimum absolute atomic E-state index is 0.174. The van der Waals surface area contributed by atoms with Gasteiger partial charge in [0.05, 0.1) is 11.0 Å². The SMILES string of the molecule is Cc1cc(-c2ccc3c(c2)nc(Nc2ccc(OC(F)(F)F)cc2)n3[C@H]2C[C@@H](C)CC(C)(C)C2)cc(C)c1O. The Bertz CT molecular complexity index is 1480. The summed E-state index contributed by atoms with van der Waals surface area (Å²) in [5, 5.41) is 13.6. The van der Waals surface area contributed by atoms with Gasteiger partial charge in [0.2, 0.25) is 5.95 Å². The summed E-state index contributed by atoms with van der Waals surface area (Å²) in [6.07, 6.45) is -1.57. The van der Waals surface area contributed by atoms with Crippen LogP contribution in [0.2, 0.25) is 0 Å². The third-order valence-electron chi connectivity index (χ3n) is 7.59. The molecule has 1 aromatic heterocycles. The second-order valence-electron chi connectivity index (χ2n) is 11.7. The van der Waals surface area contributed by atoms with Crippen molar-refractivity contribution >= 4 is 22.7 Å². The zero-order valence-electron chi connectivity index (χ0n) is 22.9. The van der Waals surface area contributed by atoms with Gasteiger partial charge in [0.15, 0.2) is 0 Å². The number of benzene rings is 3. The number of alkyl halides is 3. The van der Waals surface area contributed by atoms with Crippen LogP contribution < -0.4 is 10.1 Å². The molecule has 5 nitrogen and oxygen atoms in total. The molecule has 1 saturated carbocycles. The maximum atomic E-state index is 12.6. The monoisotopic (exact) mass is 537 g/mol. The zero-order chi connectivity index (χ0) is 28.1. The van der Waals surface area contributed by atoms with E-state index in [0.717, 1.165) is 52.5 Å². The van der Waals surface area contributed by atoms with Gasteiger partial charge in [-0.15, -0.1) is 13.2 Å². The fourth-order valence-corrected chi connectivity index (χ4v) is 6.22. The lowest BCUT2D eigenvalue weighted by atomic mass is 9.70. The Morgan fingerprint density at radius 3 is 2.26 bits per heavy atom. The predicted molar refractivity (Wildman–Crippen MR) is 149 cm³/mol. The molecule has 0 radical (unpaired) electrons. The number of hydrogen-bond donors (Lipinski definition) is 2. The largest absolute Gasteiger partial charge is 0.573 e. The molecule has 1 heterocycles. The van der Waals surface area contributed by atoms with E-state index in [2.05, 4.69) is 53.6 Å². The molecule has 0 bridgehead atoms. The second-order valence-corrected chi connectivity index (χ2v) is 11.7. The molecule has 8 heteroatoms. The first kappa shape index (κ1) is 26.9. The van der Waals surface area contributed by atoms with E-state index in [9.17, 15) is 18.3 Å². The van der Waals surface area contributed by atoms with Crippen LogP contribution in [0.15, 0.2) is 54.6 Å². The van der Waals surface area contributed by atoms with Crippen LogP contribution in [0.1, 0.15) is 57.2 Å². The molecule has 1 aliphatic carbocycles. The van der Waals surface area contributed by atoms with Crippen LogP contribution in [-0.4, -0.2) is 21.0 Å². The average Bonchev–Trinajstić information content (AvgIpc) is 3.18. The van der Waals surface area contributed by atoms with Crippen LogP contribution >= 0.6 is 0 Å². The summed E-state index contributed by atoms with van der Waals surface area (Å²) in [6.45, 7) is 10.7. The number of anilines is 2. The van der Waals surface area contributed by atoms with E-state index in [1.54, 1.807) is 12.1 Å². The second kappa shape index (κ2) is 9.81. The minimum Gasteiger partial charge on any atom is -0.507 e. The summed E-state index contributed by atoms with van der Waals surface area (Å²) < 4.78 is 44.1. The quantitative estimate of drug-likeness (QED) is 0.267. The number of fused-ring (bicyclic) bond motifs is 1. The molecule has 0 saturated heterocycles. The smallest absolute Gasteiger partial charge is 0.507 e. The van der Waals surface area contributed by atoms with E-state index < -0.39 is 6.36 Å². The average molecular weight is 538 g/mol. The standard InChI is InChI=1S/C31H34F3N3O2/c1-18-12-24(17-30(4,5)16-18)37-27-11-6-21(22-13-19(2)28(38)20(3)14-22)15-26(27)36-29(37)35-23-7-9-25(10-8-23)39-31(32,33)34/h6-11,13-15,18,24,38H,12,16-17H2,1-5H3,(H,35,36)/t18-,24+/m1/s1. The lowest BCUT2D eigenvalue weighted by Crippen LogP contribution is -2.29. The number of rotatable bonds is 5. The van der Waals surface area contributed by atoms with E-state index in [4.69, 9.17) is 4.98 Å². The maximum absolute atomic E-state index is 12.6. The first-order chi connectivity index (χ1) is 18.3. The van der Waals surface area contributed by atoms with E-state index in [1.807, 2.05) is 26.0 Å². The van der Waals surface area contributed by atoms with E-state index in [-0.39, 0.29) is 17.2 Å². The predicted octanol–water partition coefficient (Wildman–Crippen LogP) is 9.06. The molecule has 0 unspecified atom stereocenters. The van der Waals surface area contributed by atoms with Gasteiger partial charge in [-0.3, -0.25) is 0 Å². The highest BCUT2D eigenvalue weighted by molar-refractivity contribution is 5.85. The van der Waals surface area contributed by atoms with Crippen LogP contribution in [0, 0.1) is 25.2 Å². The topological polar surface area (TPSA) is 59.3 Å². The molecule has 0 spiro atoms. The van der Waals surface area contributed by atoms with Gasteiger partial charge >= 0.3 is 6.36 Å². The Hall–Kier alpha value is -3.68. The first-order valence-corrected chi connectivity index (χ1v) is 13.2. The Morgan fingerprint density at radius 1 is 0.974 bits per heavy atom. The number of aromatic nitrogens is 2. The molecular formula is C31H34F3N3O2. The molecule has 2 atom stereocenters. The summed E-state index contributed by atoms with van der Waals surface area (Å²) in [5.41, 5.74) is 6.25. The van der Waals surface area contributed by atoms with Crippen molar-refractivity contribution in [1.29, 1.82) is 0 Å². The van der Waals surface area contributed by atoms with Crippen molar-refractivity contribution in [2.75, 3.05) is 5.32 Å². The van der Waals surface area contributed by atoms with Crippen LogP contribution in [0.25, 0.3) is 22.2 Å². The number of phenolic OH excluding ortho intramolecular Hbond substituents is 1. The Balaban J connectivity index is 1.57. The highest BCUT2D eigenvalue weighted by Crippen LogP contribution is 2.46. The molecule has 1 fully saturated rings. The van der Waals surface area contributed by atoms with Crippen LogP contribution in [0.3, 0.4) is 0 Å². The van der Waals surface area contributed by atoms with Gasteiger partial charge in [-0.2, -0.15) is 0 Å². The lowest BCUT2D eigenvalue weighted by Gasteiger charge is -2.40. The van der Waals surface area contributed by atoms with E-state index in [0.29, 0.717) is 23.3 Å². The van der Waals surface area contributed by atoms with Crippen LogP contribution in [0.5, 0.6) is 11.5 Å². The highest BCUT2D eigenvalue weighted by atomic mass is 19.4. The molecule has 0 aliphatic heterocycles. The van der Waals surface area contributed by atoms with Crippen molar-refractivity contribution in [1.82, 2.24) is 9.55 Å². The summed E-state index contributed by atoms with van der Waals surface area (Å²) in [5.74, 6) is 1.23. The number of ether oxygens (including phenoxy) is 1. The molecule has 0 amide bonds. The molecule has 206 valence electrons. The number of aryl methyl sites for hydroxylation is 2. The number of hydrogen-bond acceptors (Lipinski definition) is 4. The fraction of sp³-hybridized carbons (Fsp3) is 0.387. The minimum atomic E-state index is -4.74. The summed E-state index contributed by atoms with van der Waals surface area (Å²) in [6, 6.07) is 16.1. The molecule has 5 rings (SSSR count). The summed E-state index contributed by atoms with van der Waals surface area (Å²) in [4.78, 5) is 4.98. The van der Waals surface area contributed by atoms with Gasteiger partial charge in [-0.1, -0.05) is 26.8 Å². The van der Waals surface area contributed by atoms with Gasteiger partial charge in [-0.25, -0.2) is 4.98 Å². The Morgan fingerprint density at radius 2 is 1.64 bits per heavy atom. The van der Waals surface area contributed by atoms with E-state index >= 15 is 0 Å². The van der Waals surface area contributed by atoms with Crippen LogP contribution in [-0.2, 0) is 0 Å². The fourth-order valence-electron chi connectivity index (χ4n) is 6.22. The number of nitrogens with zero attached hydrogens (tertiary/aromatic N) is 2. The molecule has 2 N–H and O–H groups in total. The lowest BCUT2D eigenvalue weighted by molar-refractivity contribution is -0.274.